The predicted molar refractivity (Wildman–Crippen MR) is 77.4 cm³/mol. The molecule has 0 spiro atoms. The lowest BCUT2D eigenvalue weighted by Gasteiger charge is -1.79. The zero-order valence-electron chi connectivity index (χ0n) is 10.7. The fourth-order valence-electron chi connectivity index (χ4n) is 0.993. The second-order valence-corrected chi connectivity index (χ2v) is 3.45. The van der Waals surface area contributed by atoms with Gasteiger partial charge in [0.1, 0.15) is 0 Å². The Morgan fingerprint density at radius 2 is 1.28 bits per heavy atom. The summed E-state index contributed by atoms with van der Waals surface area (Å²) < 4.78 is 0. The van der Waals surface area contributed by atoms with Crippen molar-refractivity contribution in [2.75, 3.05) is 0 Å². The summed E-state index contributed by atoms with van der Waals surface area (Å²) in [6, 6.07) is 0. The Morgan fingerprint density at radius 3 is 1.72 bits per heavy atom. The molecule has 0 aliphatic heterocycles. The molecule has 0 fully saturated rings. The monoisotopic (exact) mass is 244 g/mol. The van der Waals surface area contributed by atoms with Crippen LogP contribution < -0.4 is 0 Å². The van der Waals surface area contributed by atoms with E-state index in [9.17, 15) is 4.79 Å². The van der Waals surface area contributed by atoms with E-state index in [1.54, 1.807) is 12.2 Å². The van der Waals surface area contributed by atoms with Gasteiger partial charge in [-0.2, -0.15) is 0 Å². The molecule has 0 aliphatic carbocycles. The van der Waals surface area contributed by atoms with Crippen LogP contribution in [0.4, 0.5) is 0 Å². The van der Waals surface area contributed by atoms with E-state index in [4.69, 9.17) is 5.11 Å². The number of rotatable bonds is 8. The van der Waals surface area contributed by atoms with Gasteiger partial charge in [-0.1, -0.05) is 80.2 Å². The van der Waals surface area contributed by atoms with Crippen LogP contribution in [-0.4, -0.2) is 11.1 Å². The summed E-state index contributed by atoms with van der Waals surface area (Å²) in [6.07, 6.45) is 24.0. The first-order valence-electron chi connectivity index (χ1n) is 6.00. The van der Waals surface area contributed by atoms with Crippen LogP contribution in [-0.2, 0) is 4.79 Å². The Balaban J connectivity index is 3.78. The molecule has 0 amide bonds. The molecule has 0 aliphatic rings. The average molecular weight is 244 g/mol. The number of carboxylic acid groups (broad SMARTS) is 1. The van der Waals surface area contributed by atoms with Gasteiger partial charge in [0.05, 0.1) is 0 Å². The molecule has 0 aromatic heterocycles. The van der Waals surface area contributed by atoms with Crippen LogP contribution in [0.3, 0.4) is 0 Å². The van der Waals surface area contributed by atoms with Gasteiger partial charge in [0.2, 0.25) is 0 Å². The van der Waals surface area contributed by atoms with Crippen molar-refractivity contribution in [2.45, 2.75) is 19.8 Å². The summed E-state index contributed by atoms with van der Waals surface area (Å²) in [5, 5.41) is 8.33. The van der Waals surface area contributed by atoms with Crippen molar-refractivity contribution in [1.29, 1.82) is 0 Å². The van der Waals surface area contributed by atoms with Crippen molar-refractivity contribution in [2.24, 2.45) is 0 Å². The molecule has 0 saturated carbocycles. The third kappa shape index (κ3) is 13.9. The number of carbonyl (C=O) groups is 1. The fourth-order valence-corrected chi connectivity index (χ4v) is 0.993. The second-order valence-electron chi connectivity index (χ2n) is 3.45. The summed E-state index contributed by atoms with van der Waals surface area (Å²) in [4.78, 5) is 10.1. The van der Waals surface area contributed by atoms with E-state index in [0.717, 1.165) is 12.5 Å². The maximum absolute atomic E-state index is 10.1. The average Bonchev–Trinajstić information content (AvgIpc) is 2.34. The Labute approximate surface area is 109 Å². The summed E-state index contributed by atoms with van der Waals surface area (Å²) in [7, 11) is 0. The molecule has 0 unspecified atom stereocenters. The molecular formula is C16H20O2. The first kappa shape index (κ1) is 15.9. The van der Waals surface area contributed by atoms with Crippen LogP contribution in [0.1, 0.15) is 19.8 Å². The molecule has 2 heteroatoms. The molecule has 0 aromatic rings. The highest BCUT2D eigenvalue weighted by Gasteiger charge is 1.78. The van der Waals surface area contributed by atoms with Gasteiger partial charge in [0.15, 0.2) is 0 Å². The van der Waals surface area contributed by atoms with Gasteiger partial charge >= 0.3 is 5.97 Å². The molecule has 0 rings (SSSR count). The lowest BCUT2D eigenvalue weighted by atomic mass is 10.3. The van der Waals surface area contributed by atoms with Crippen LogP contribution in [0.15, 0.2) is 72.9 Å². The van der Waals surface area contributed by atoms with E-state index >= 15 is 0 Å². The fraction of sp³-hybridized carbons (Fsp3) is 0.188. The van der Waals surface area contributed by atoms with Crippen LogP contribution >= 0.6 is 0 Å². The van der Waals surface area contributed by atoms with E-state index in [-0.39, 0.29) is 0 Å². The summed E-state index contributed by atoms with van der Waals surface area (Å²) in [6.45, 7) is 2.15. The number of carboxylic acids is 1. The van der Waals surface area contributed by atoms with E-state index in [1.807, 2.05) is 42.5 Å². The van der Waals surface area contributed by atoms with E-state index < -0.39 is 5.97 Å². The Morgan fingerprint density at radius 1 is 0.833 bits per heavy atom. The van der Waals surface area contributed by atoms with Crippen molar-refractivity contribution in [3.05, 3.63) is 72.9 Å². The van der Waals surface area contributed by atoms with Crippen LogP contribution in [0.25, 0.3) is 0 Å². The molecule has 1 N–H and O–H groups in total. The van der Waals surface area contributed by atoms with E-state index in [0.29, 0.717) is 0 Å². The molecule has 0 radical (unpaired) electrons. The second kappa shape index (κ2) is 13.0. The first-order valence-corrected chi connectivity index (χ1v) is 6.00. The van der Waals surface area contributed by atoms with Gasteiger partial charge in [-0.3, -0.25) is 0 Å². The zero-order valence-corrected chi connectivity index (χ0v) is 10.7. The highest BCUT2D eigenvalue weighted by atomic mass is 16.4. The minimum absolute atomic E-state index is 0.940. The van der Waals surface area contributed by atoms with Gasteiger partial charge in [-0.25, -0.2) is 4.79 Å². The molecular weight excluding hydrogens is 224 g/mol. The first-order chi connectivity index (χ1) is 8.77. The van der Waals surface area contributed by atoms with Crippen molar-refractivity contribution < 1.29 is 9.90 Å². The largest absolute Gasteiger partial charge is 0.478 e. The molecule has 0 heterocycles. The standard InChI is InChI=1S/C16H20O2/c1-2-3-4-5-6-7-8-9-10-11-12-13-14-15-16(17)18/h4-15H,2-3H2,1H3,(H,17,18). The number of hydrogen-bond acceptors (Lipinski definition) is 1. The predicted octanol–water partition coefficient (Wildman–Crippen LogP) is 4.21. The number of unbranched alkanes of at least 4 members (excludes halogenated alkanes) is 1. The minimum atomic E-state index is -0.940. The Bertz CT molecular complexity index is 380. The topological polar surface area (TPSA) is 37.3 Å². The highest BCUT2D eigenvalue weighted by molar-refractivity contribution is 5.80. The Hall–Kier alpha value is -2.09. The summed E-state index contributed by atoms with van der Waals surface area (Å²) in [5.74, 6) is -0.940. The molecule has 0 bridgehead atoms. The van der Waals surface area contributed by atoms with Gasteiger partial charge in [-0.05, 0) is 6.42 Å². The van der Waals surface area contributed by atoms with E-state index in [2.05, 4.69) is 13.0 Å². The SMILES string of the molecule is CCCC=CC=CC=CC=CC=CC=CC(=O)O. The normalized spacial score (nSPS) is 13.4. The maximum atomic E-state index is 10.1. The van der Waals surface area contributed by atoms with Crippen LogP contribution in [0.5, 0.6) is 0 Å². The number of allylic oxidation sites excluding steroid dienone is 11. The number of aliphatic carboxylic acids is 1. The maximum Gasteiger partial charge on any atom is 0.328 e. The van der Waals surface area contributed by atoms with Gasteiger partial charge in [0, 0.05) is 6.08 Å². The quantitative estimate of drug-likeness (QED) is 0.513. The minimum Gasteiger partial charge on any atom is -0.478 e. The van der Waals surface area contributed by atoms with E-state index in [1.165, 1.54) is 12.5 Å². The molecule has 2 nitrogen and oxygen atoms in total. The highest BCUT2D eigenvalue weighted by Crippen LogP contribution is 1.89. The third-order valence-electron chi connectivity index (χ3n) is 1.83. The molecule has 0 atom stereocenters. The van der Waals surface area contributed by atoms with Crippen molar-refractivity contribution in [1.82, 2.24) is 0 Å². The van der Waals surface area contributed by atoms with Crippen molar-refractivity contribution in [3.8, 4) is 0 Å². The molecule has 0 saturated heterocycles. The van der Waals surface area contributed by atoms with Crippen molar-refractivity contribution >= 4 is 5.97 Å². The summed E-state index contributed by atoms with van der Waals surface area (Å²) >= 11 is 0. The third-order valence-corrected chi connectivity index (χ3v) is 1.83. The smallest absolute Gasteiger partial charge is 0.328 e. The van der Waals surface area contributed by atoms with Gasteiger partial charge in [-0.15, -0.1) is 0 Å². The van der Waals surface area contributed by atoms with Crippen molar-refractivity contribution in [3.63, 3.8) is 0 Å². The molecule has 96 valence electrons. The summed E-state index contributed by atoms with van der Waals surface area (Å²) in [5.41, 5.74) is 0. The van der Waals surface area contributed by atoms with Gasteiger partial charge < -0.3 is 5.11 Å². The van der Waals surface area contributed by atoms with Crippen LogP contribution in [0.2, 0.25) is 0 Å². The Kier molecular flexibility index (Phi) is 11.5. The van der Waals surface area contributed by atoms with Crippen LogP contribution in [0, 0.1) is 0 Å². The van der Waals surface area contributed by atoms with Gasteiger partial charge in [0.25, 0.3) is 0 Å². The lowest BCUT2D eigenvalue weighted by molar-refractivity contribution is -0.131. The number of hydrogen-bond donors (Lipinski definition) is 1. The zero-order chi connectivity index (χ0) is 13.5. The molecule has 0 aromatic carbocycles. The lowest BCUT2D eigenvalue weighted by Crippen LogP contribution is -1.84. The molecule has 18 heavy (non-hydrogen) atoms.